The Morgan fingerprint density at radius 3 is 2.82 bits per heavy atom. The number of hydrogen-bond acceptors (Lipinski definition) is 5. The van der Waals surface area contributed by atoms with E-state index in [1.54, 1.807) is 16.0 Å². The lowest BCUT2D eigenvalue weighted by Gasteiger charge is -2.03. The van der Waals surface area contributed by atoms with Crippen LogP contribution in [0.1, 0.15) is 49.1 Å². The predicted octanol–water partition coefficient (Wildman–Crippen LogP) is 2.95. The van der Waals surface area contributed by atoms with Crippen molar-refractivity contribution in [2.45, 2.75) is 39.0 Å². The van der Waals surface area contributed by atoms with Crippen molar-refractivity contribution in [2.75, 3.05) is 0 Å². The van der Waals surface area contributed by atoms with Crippen LogP contribution in [-0.4, -0.2) is 29.5 Å². The van der Waals surface area contributed by atoms with Gasteiger partial charge in [0.15, 0.2) is 5.82 Å². The van der Waals surface area contributed by atoms with Gasteiger partial charge in [-0.1, -0.05) is 20.3 Å². The summed E-state index contributed by atoms with van der Waals surface area (Å²) >= 11 is 1.64. The van der Waals surface area contributed by atoms with Crippen molar-refractivity contribution in [3.63, 3.8) is 0 Å². The molecule has 3 heterocycles. The van der Waals surface area contributed by atoms with Crippen molar-refractivity contribution in [2.24, 2.45) is 7.05 Å². The zero-order valence-electron chi connectivity index (χ0n) is 13.1. The van der Waals surface area contributed by atoms with Gasteiger partial charge in [-0.2, -0.15) is 10.2 Å². The largest absolute Gasteiger partial charge is 0.274 e. The summed E-state index contributed by atoms with van der Waals surface area (Å²) in [5.74, 6) is 2.21. The minimum atomic E-state index is 0.364. The maximum Gasteiger partial charge on any atom is 0.154 e. The standard InChI is InChI=1S/C15H20N6S/c1-4-5-11(2)15-18-14(6-13-8-16-10-22-13)21(19-15)12-7-17-20(3)9-12/h7-11H,4-6H2,1-3H3. The molecule has 3 aromatic rings. The SMILES string of the molecule is CCCC(C)c1nc(Cc2cncs2)n(-c2cnn(C)c2)n1. The molecule has 1 atom stereocenters. The zero-order valence-corrected chi connectivity index (χ0v) is 13.9. The number of hydrogen-bond donors (Lipinski definition) is 0. The molecule has 0 saturated heterocycles. The molecule has 0 aliphatic heterocycles. The molecule has 7 heteroatoms. The number of nitrogens with zero attached hydrogens (tertiary/aromatic N) is 6. The van der Waals surface area contributed by atoms with Crippen LogP contribution in [-0.2, 0) is 13.5 Å². The minimum absolute atomic E-state index is 0.364. The van der Waals surface area contributed by atoms with E-state index in [-0.39, 0.29) is 0 Å². The van der Waals surface area contributed by atoms with Crippen molar-refractivity contribution in [3.05, 3.63) is 40.6 Å². The third kappa shape index (κ3) is 3.09. The summed E-state index contributed by atoms with van der Waals surface area (Å²) in [5.41, 5.74) is 2.80. The Morgan fingerprint density at radius 2 is 2.18 bits per heavy atom. The topological polar surface area (TPSA) is 61.4 Å². The lowest BCUT2D eigenvalue weighted by Crippen LogP contribution is -2.03. The van der Waals surface area contributed by atoms with Crippen LogP contribution in [0.25, 0.3) is 5.69 Å². The van der Waals surface area contributed by atoms with Crippen LogP contribution in [0, 0.1) is 0 Å². The van der Waals surface area contributed by atoms with Gasteiger partial charge >= 0.3 is 0 Å². The van der Waals surface area contributed by atoms with Gasteiger partial charge in [0.25, 0.3) is 0 Å². The molecule has 0 saturated carbocycles. The first-order valence-electron chi connectivity index (χ1n) is 7.49. The summed E-state index contributed by atoms with van der Waals surface area (Å²) in [6.45, 7) is 4.37. The molecule has 0 N–H and O–H groups in total. The van der Waals surface area contributed by atoms with Crippen LogP contribution < -0.4 is 0 Å². The summed E-state index contributed by atoms with van der Waals surface area (Å²) in [6.07, 6.45) is 8.63. The van der Waals surface area contributed by atoms with Crippen LogP contribution in [0.2, 0.25) is 0 Å². The van der Waals surface area contributed by atoms with Crippen LogP contribution in [0.3, 0.4) is 0 Å². The van der Waals surface area contributed by atoms with E-state index in [4.69, 9.17) is 10.1 Å². The highest BCUT2D eigenvalue weighted by atomic mass is 32.1. The molecule has 3 rings (SSSR count). The van der Waals surface area contributed by atoms with E-state index in [1.165, 1.54) is 4.88 Å². The van der Waals surface area contributed by atoms with E-state index in [2.05, 4.69) is 23.9 Å². The summed E-state index contributed by atoms with van der Waals surface area (Å²) in [7, 11) is 1.91. The van der Waals surface area contributed by atoms with Crippen molar-refractivity contribution >= 4 is 11.3 Å². The molecule has 0 aromatic carbocycles. The lowest BCUT2D eigenvalue weighted by atomic mass is 10.1. The molecule has 0 aliphatic rings. The first kappa shape index (κ1) is 14.9. The van der Waals surface area contributed by atoms with Gasteiger partial charge in [-0.15, -0.1) is 11.3 Å². The molecule has 0 spiro atoms. The smallest absolute Gasteiger partial charge is 0.154 e. The molecule has 1 unspecified atom stereocenters. The molecule has 6 nitrogen and oxygen atoms in total. The number of thiazole rings is 1. The van der Waals surface area contributed by atoms with E-state index in [1.807, 2.05) is 35.8 Å². The molecule has 3 aromatic heterocycles. The first-order valence-corrected chi connectivity index (χ1v) is 8.37. The quantitative estimate of drug-likeness (QED) is 0.701. The van der Waals surface area contributed by atoms with E-state index >= 15 is 0 Å². The molecule has 0 aliphatic carbocycles. The van der Waals surface area contributed by atoms with Gasteiger partial charge in [-0.3, -0.25) is 9.67 Å². The van der Waals surface area contributed by atoms with E-state index in [9.17, 15) is 0 Å². The molecule has 0 bridgehead atoms. The number of rotatable bonds is 6. The Hall–Kier alpha value is -2.02. The van der Waals surface area contributed by atoms with E-state index in [0.717, 1.165) is 36.6 Å². The van der Waals surface area contributed by atoms with Crippen LogP contribution in [0.5, 0.6) is 0 Å². The maximum absolute atomic E-state index is 4.78. The lowest BCUT2D eigenvalue weighted by molar-refractivity contribution is 0.623. The van der Waals surface area contributed by atoms with Crippen LogP contribution in [0.15, 0.2) is 24.1 Å². The van der Waals surface area contributed by atoms with Gasteiger partial charge in [0.1, 0.15) is 11.5 Å². The summed E-state index contributed by atoms with van der Waals surface area (Å²) in [4.78, 5) is 10.1. The Labute approximate surface area is 133 Å². The molecule has 116 valence electrons. The number of aromatic nitrogens is 6. The van der Waals surface area contributed by atoms with Gasteiger partial charge in [-0.25, -0.2) is 9.67 Å². The Bertz CT molecular complexity index is 727. The molecule has 0 radical (unpaired) electrons. The Balaban J connectivity index is 1.97. The van der Waals surface area contributed by atoms with Crippen LogP contribution in [0.4, 0.5) is 0 Å². The molecule has 0 fully saturated rings. The van der Waals surface area contributed by atoms with Gasteiger partial charge < -0.3 is 0 Å². The maximum atomic E-state index is 4.78. The fourth-order valence-corrected chi connectivity index (χ4v) is 3.05. The van der Waals surface area contributed by atoms with Crippen molar-refractivity contribution in [1.82, 2.24) is 29.5 Å². The highest BCUT2D eigenvalue weighted by Gasteiger charge is 2.17. The normalized spacial score (nSPS) is 12.7. The zero-order chi connectivity index (χ0) is 15.5. The molecular weight excluding hydrogens is 296 g/mol. The average Bonchev–Trinajstić information content (AvgIpc) is 3.20. The van der Waals surface area contributed by atoms with Crippen LogP contribution >= 0.6 is 11.3 Å². The fraction of sp³-hybridized carbons (Fsp3) is 0.467. The minimum Gasteiger partial charge on any atom is -0.274 e. The van der Waals surface area contributed by atoms with E-state index < -0.39 is 0 Å². The molecule has 0 amide bonds. The van der Waals surface area contributed by atoms with Gasteiger partial charge in [0, 0.05) is 30.5 Å². The summed E-state index contributed by atoms with van der Waals surface area (Å²) in [5, 5.41) is 8.97. The van der Waals surface area contributed by atoms with Gasteiger partial charge in [-0.05, 0) is 6.42 Å². The highest BCUT2D eigenvalue weighted by molar-refractivity contribution is 7.09. The van der Waals surface area contributed by atoms with Crippen molar-refractivity contribution < 1.29 is 0 Å². The first-order chi connectivity index (χ1) is 10.7. The Kier molecular flexibility index (Phi) is 4.33. The second-order valence-electron chi connectivity index (χ2n) is 5.50. The fourth-order valence-electron chi connectivity index (χ4n) is 2.46. The van der Waals surface area contributed by atoms with Crippen molar-refractivity contribution in [3.8, 4) is 5.69 Å². The average molecular weight is 316 g/mol. The van der Waals surface area contributed by atoms with Gasteiger partial charge in [0.05, 0.1) is 17.9 Å². The predicted molar refractivity (Wildman–Crippen MR) is 86.4 cm³/mol. The highest BCUT2D eigenvalue weighted by Crippen LogP contribution is 2.21. The third-order valence-corrected chi connectivity index (χ3v) is 4.38. The summed E-state index contributed by atoms with van der Waals surface area (Å²) in [6, 6.07) is 0. The van der Waals surface area contributed by atoms with Crippen molar-refractivity contribution in [1.29, 1.82) is 0 Å². The molecule has 22 heavy (non-hydrogen) atoms. The monoisotopic (exact) mass is 316 g/mol. The molecular formula is C15H20N6S. The van der Waals surface area contributed by atoms with E-state index in [0.29, 0.717) is 5.92 Å². The second-order valence-corrected chi connectivity index (χ2v) is 6.48. The van der Waals surface area contributed by atoms with Gasteiger partial charge in [0.2, 0.25) is 0 Å². The Morgan fingerprint density at radius 1 is 1.32 bits per heavy atom. The summed E-state index contributed by atoms with van der Waals surface area (Å²) < 4.78 is 3.69. The number of aryl methyl sites for hydroxylation is 1. The third-order valence-electron chi connectivity index (χ3n) is 3.60. The second kappa shape index (κ2) is 6.39.